The molecule has 1 spiro atoms. The van der Waals surface area contributed by atoms with Gasteiger partial charge in [-0.05, 0) is 68.3 Å². The van der Waals surface area contributed by atoms with Crippen molar-refractivity contribution in [1.82, 2.24) is 0 Å². The maximum Gasteiger partial charge on any atom is 0.309 e. The molecule has 3 saturated carbocycles. The third-order valence-corrected chi connectivity index (χ3v) is 7.83. The maximum absolute atomic E-state index is 13.0. The molecule has 4 aliphatic carbocycles. The number of carbonyl (C=O) groups is 2. The standard InChI is InChI=1S/C20H26O3/c1-12-13-5-6-15-18(2)8-4-9-19(3,17(22)23)14(18)7-10-20(15,11-13)16(12)21/h6,13-14H,1,4-5,7-11H2,2-3H3,(H,22,23). The zero-order valence-electron chi connectivity index (χ0n) is 14.2. The zero-order valence-corrected chi connectivity index (χ0v) is 14.2. The van der Waals surface area contributed by atoms with Crippen molar-refractivity contribution < 1.29 is 14.7 Å². The van der Waals surface area contributed by atoms with Crippen molar-refractivity contribution in [3.8, 4) is 0 Å². The molecule has 0 radical (unpaired) electrons. The van der Waals surface area contributed by atoms with Crippen molar-refractivity contribution >= 4 is 11.8 Å². The third-order valence-electron chi connectivity index (χ3n) is 7.83. The van der Waals surface area contributed by atoms with Gasteiger partial charge >= 0.3 is 5.97 Å². The number of carboxylic acids is 1. The van der Waals surface area contributed by atoms with E-state index in [9.17, 15) is 14.7 Å². The largest absolute Gasteiger partial charge is 0.481 e. The van der Waals surface area contributed by atoms with E-state index in [1.807, 2.05) is 6.92 Å². The van der Waals surface area contributed by atoms with Crippen LogP contribution in [0.25, 0.3) is 0 Å². The highest BCUT2D eigenvalue weighted by molar-refractivity contribution is 6.05. The van der Waals surface area contributed by atoms with Crippen molar-refractivity contribution in [3.63, 3.8) is 0 Å². The fraction of sp³-hybridized carbons (Fsp3) is 0.700. The SMILES string of the molecule is C=C1C(=O)C23CCC4C(C)(C(=O)O)CCCC4(C)C2=CCC1C3. The molecule has 23 heavy (non-hydrogen) atoms. The van der Waals surface area contributed by atoms with E-state index in [1.165, 1.54) is 5.57 Å². The Bertz CT molecular complexity index is 660. The van der Waals surface area contributed by atoms with Crippen molar-refractivity contribution in [2.24, 2.45) is 28.1 Å². The molecule has 0 aliphatic heterocycles. The average Bonchev–Trinajstić information content (AvgIpc) is 2.68. The summed E-state index contributed by atoms with van der Waals surface area (Å²) in [6, 6.07) is 0. The first-order valence-electron chi connectivity index (χ1n) is 8.94. The molecule has 5 atom stereocenters. The molecule has 0 saturated heterocycles. The normalized spacial score (nSPS) is 48.5. The minimum Gasteiger partial charge on any atom is -0.481 e. The van der Waals surface area contributed by atoms with Gasteiger partial charge in [0.05, 0.1) is 10.8 Å². The van der Waals surface area contributed by atoms with Crippen LogP contribution in [0.3, 0.4) is 0 Å². The van der Waals surface area contributed by atoms with E-state index in [4.69, 9.17) is 0 Å². The highest BCUT2D eigenvalue weighted by atomic mass is 16.4. The van der Waals surface area contributed by atoms with Gasteiger partial charge in [-0.15, -0.1) is 0 Å². The number of hydrogen-bond acceptors (Lipinski definition) is 2. The molecule has 2 bridgehead atoms. The Morgan fingerprint density at radius 2 is 2.04 bits per heavy atom. The molecular formula is C20H26O3. The zero-order chi connectivity index (χ0) is 16.6. The number of carbonyl (C=O) groups excluding carboxylic acids is 1. The molecule has 4 rings (SSSR count). The lowest BCUT2D eigenvalue weighted by Gasteiger charge is -2.59. The first kappa shape index (κ1) is 15.2. The van der Waals surface area contributed by atoms with Gasteiger partial charge in [0.2, 0.25) is 0 Å². The van der Waals surface area contributed by atoms with Gasteiger partial charge in [-0.3, -0.25) is 9.59 Å². The summed E-state index contributed by atoms with van der Waals surface area (Å²) in [7, 11) is 0. The first-order chi connectivity index (χ1) is 10.8. The summed E-state index contributed by atoms with van der Waals surface area (Å²) < 4.78 is 0. The van der Waals surface area contributed by atoms with Crippen molar-refractivity contribution in [2.45, 2.75) is 58.8 Å². The van der Waals surface area contributed by atoms with Crippen LogP contribution in [0.5, 0.6) is 0 Å². The van der Waals surface area contributed by atoms with Gasteiger partial charge in [-0.1, -0.05) is 31.6 Å². The van der Waals surface area contributed by atoms with E-state index in [-0.39, 0.29) is 22.5 Å². The first-order valence-corrected chi connectivity index (χ1v) is 8.94. The van der Waals surface area contributed by atoms with E-state index in [0.717, 1.165) is 50.5 Å². The van der Waals surface area contributed by atoms with Crippen LogP contribution in [0.2, 0.25) is 0 Å². The lowest BCUT2D eigenvalue weighted by atomic mass is 9.44. The maximum atomic E-state index is 13.0. The molecule has 3 heteroatoms. The van der Waals surface area contributed by atoms with Crippen LogP contribution in [-0.2, 0) is 9.59 Å². The van der Waals surface area contributed by atoms with E-state index >= 15 is 0 Å². The smallest absolute Gasteiger partial charge is 0.309 e. The number of rotatable bonds is 1. The summed E-state index contributed by atoms with van der Waals surface area (Å²) in [5.74, 6) is 0.0477. The summed E-state index contributed by atoms with van der Waals surface area (Å²) in [6.45, 7) is 8.23. The Balaban J connectivity index is 1.84. The molecular weight excluding hydrogens is 288 g/mol. The molecule has 1 N–H and O–H groups in total. The molecule has 0 heterocycles. The number of carboxylic acid groups (broad SMARTS) is 1. The lowest BCUT2D eigenvalue weighted by Crippen LogP contribution is -2.55. The molecule has 3 nitrogen and oxygen atoms in total. The van der Waals surface area contributed by atoms with E-state index in [1.54, 1.807) is 0 Å². The lowest BCUT2D eigenvalue weighted by molar-refractivity contribution is -0.161. The quantitative estimate of drug-likeness (QED) is 0.584. The Morgan fingerprint density at radius 1 is 1.30 bits per heavy atom. The van der Waals surface area contributed by atoms with E-state index < -0.39 is 11.4 Å². The van der Waals surface area contributed by atoms with Crippen LogP contribution in [0.4, 0.5) is 0 Å². The van der Waals surface area contributed by atoms with Gasteiger partial charge in [0.15, 0.2) is 5.78 Å². The number of Topliss-reactive ketones (excluding diaryl/α,β-unsaturated/α-hetero) is 1. The van der Waals surface area contributed by atoms with Gasteiger partial charge in [-0.2, -0.15) is 0 Å². The predicted octanol–water partition coefficient (Wildman–Crippen LogP) is 4.14. The molecule has 3 fully saturated rings. The Morgan fingerprint density at radius 3 is 2.74 bits per heavy atom. The number of ketones is 1. The number of allylic oxidation sites excluding steroid dienone is 3. The van der Waals surface area contributed by atoms with Crippen LogP contribution >= 0.6 is 0 Å². The Hall–Kier alpha value is -1.38. The van der Waals surface area contributed by atoms with Gasteiger partial charge in [-0.25, -0.2) is 0 Å². The second-order valence-electron chi connectivity index (χ2n) is 8.78. The summed E-state index contributed by atoms with van der Waals surface area (Å²) in [4.78, 5) is 25.0. The molecule has 0 aromatic rings. The van der Waals surface area contributed by atoms with Gasteiger partial charge < -0.3 is 5.11 Å². The Labute approximate surface area is 137 Å². The van der Waals surface area contributed by atoms with E-state index in [0.29, 0.717) is 5.92 Å². The molecule has 0 aromatic carbocycles. The minimum absolute atomic E-state index is 0.136. The van der Waals surface area contributed by atoms with Crippen molar-refractivity contribution in [1.29, 1.82) is 0 Å². The minimum atomic E-state index is -0.666. The summed E-state index contributed by atoms with van der Waals surface area (Å²) in [6.07, 6.45) is 8.49. The predicted molar refractivity (Wildman–Crippen MR) is 87.8 cm³/mol. The second kappa shape index (κ2) is 4.37. The second-order valence-corrected chi connectivity index (χ2v) is 8.78. The summed E-state index contributed by atoms with van der Waals surface area (Å²) in [5.41, 5.74) is 0.936. The average molecular weight is 314 g/mol. The van der Waals surface area contributed by atoms with Crippen molar-refractivity contribution in [3.05, 3.63) is 23.8 Å². The monoisotopic (exact) mass is 314 g/mol. The van der Waals surface area contributed by atoms with Crippen LogP contribution in [0.1, 0.15) is 58.8 Å². The highest BCUT2D eigenvalue weighted by Crippen LogP contribution is 2.69. The van der Waals surface area contributed by atoms with Gasteiger partial charge in [0.25, 0.3) is 0 Å². The third kappa shape index (κ3) is 1.61. The molecule has 124 valence electrons. The molecule has 0 amide bonds. The van der Waals surface area contributed by atoms with Crippen LogP contribution < -0.4 is 0 Å². The number of aliphatic carboxylic acids is 1. The molecule has 5 unspecified atom stereocenters. The van der Waals surface area contributed by atoms with Crippen LogP contribution in [0, 0.1) is 28.1 Å². The highest BCUT2D eigenvalue weighted by Gasteiger charge is 2.65. The topological polar surface area (TPSA) is 54.4 Å². The van der Waals surface area contributed by atoms with Crippen molar-refractivity contribution in [2.75, 3.05) is 0 Å². The van der Waals surface area contributed by atoms with Gasteiger partial charge in [0.1, 0.15) is 0 Å². The summed E-state index contributed by atoms with van der Waals surface area (Å²) >= 11 is 0. The number of hydrogen-bond donors (Lipinski definition) is 1. The number of fused-ring (bicyclic) bond motifs is 3. The van der Waals surface area contributed by atoms with E-state index in [2.05, 4.69) is 19.6 Å². The van der Waals surface area contributed by atoms with Crippen LogP contribution in [-0.4, -0.2) is 16.9 Å². The summed E-state index contributed by atoms with van der Waals surface area (Å²) in [5, 5.41) is 9.87. The fourth-order valence-corrected chi connectivity index (χ4v) is 6.65. The Kier molecular flexibility index (Phi) is 2.88. The molecule has 0 aromatic heterocycles. The van der Waals surface area contributed by atoms with Crippen LogP contribution in [0.15, 0.2) is 23.8 Å². The van der Waals surface area contributed by atoms with Gasteiger partial charge in [0, 0.05) is 0 Å². The molecule has 4 aliphatic rings. The fourth-order valence-electron chi connectivity index (χ4n) is 6.65.